The van der Waals surface area contributed by atoms with E-state index in [9.17, 15) is 14.4 Å². The van der Waals surface area contributed by atoms with Gasteiger partial charge in [0.05, 0.1) is 6.61 Å². The maximum atomic E-state index is 11.7. The van der Waals surface area contributed by atoms with Gasteiger partial charge in [-0.05, 0) is 39.3 Å². The molecule has 1 aromatic carbocycles. The van der Waals surface area contributed by atoms with Crippen LogP contribution in [0.25, 0.3) is 0 Å². The van der Waals surface area contributed by atoms with Gasteiger partial charge in [0, 0.05) is 18.5 Å². The van der Waals surface area contributed by atoms with Crippen molar-refractivity contribution in [1.29, 1.82) is 0 Å². The van der Waals surface area contributed by atoms with Gasteiger partial charge in [-0.15, -0.1) is 0 Å². The van der Waals surface area contributed by atoms with Gasteiger partial charge >= 0.3 is 0 Å². The average Bonchev–Trinajstić information content (AvgIpc) is 2.52. The van der Waals surface area contributed by atoms with E-state index in [1.54, 1.807) is 31.2 Å². The highest BCUT2D eigenvalue weighted by Gasteiger charge is 2.14. The number of rotatable bonds is 9. The molecule has 6 nitrogen and oxygen atoms in total. The Morgan fingerprint density at radius 1 is 1.26 bits per heavy atom. The number of carbonyl (C=O) groups excluding carboxylic acids is 3. The van der Waals surface area contributed by atoms with Gasteiger partial charge in [0.2, 0.25) is 11.8 Å². The van der Waals surface area contributed by atoms with E-state index in [1.165, 1.54) is 6.92 Å². The van der Waals surface area contributed by atoms with E-state index in [1.807, 2.05) is 6.92 Å². The average molecular weight is 320 g/mol. The van der Waals surface area contributed by atoms with Crippen molar-refractivity contribution in [2.24, 2.45) is 0 Å². The van der Waals surface area contributed by atoms with Crippen LogP contribution >= 0.6 is 0 Å². The van der Waals surface area contributed by atoms with Crippen LogP contribution in [0, 0.1) is 0 Å². The van der Waals surface area contributed by atoms with Crippen LogP contribution in [0.4, 0.5) is 0 Å². The Bertz CT molecular complexity index is 557. The largest absolute Gasteiger partial charge is 0.494 e. The highest BCUT2D eigenvalue weighted by molar-refractivity contribution is 5.94. The standard InChI is InChI=1S/C17H24N2O4/c1-4-18-17(22)12(2)19-16(21)9-6-10-23-15-8-5-7-14(11-15)13(3)20/h5,7-8,11-12H,4,6,9-10H2,1-3H3,(H,18,22)(H,19,21). The number of ether oxygens (including phenoxy) is 1. The summed E-state index contributed by atoms with van der Waals surface area (Å²) in [5, 5.41) is 5.28. The maximum Gasteiger partial charge on any atom is 0.242 e. The fourth-order valence-electron chi connectivity index (χ4n) is 1.93. The third-order valence-corrected chi connectivity index (χ3v) is 3.18. The third-order valence-electron chi connectivity index (χ3n) is 3.18. The first-order valence-electron chi connectivity index (χ1n) is 7.75. The summed E-state index contributed by atoms with van der Waals surface area (Å²) in [6.07, 6.45) is 0.800. The second-order valence-electron chi connectivity index (χ2n) is 5.22. The molecule has 0 fully saturated rings. The summed E-state index contributed by atoms with van der Waals surface area (Å²) in [4.78, 5) is 34.5. The SMILES string of the molecule is CCNC(=O)C(C)NC(=O)CCCOc1cccc(C(C)=O)c1. The molecule has 0 heterocycles. The van der Waals surface area contributed by atoms with Crippen molar-refractivity contribution in [3.8, 4) is 5.75 Å². The second-order valence-corrected chi connectivity index (χ2v) is 5.22. The Labute approximate surface area is 136 Å². The molecule has 0 saturated heterocycles. The Morgan fingerprint density at radius 2 is 2.00 bits per heavy atom. The quantitative estimate of drug-likeness (QED) is 0.536. The summed E-state index contributed by atoms with van der Waals surface area (Å²) < 4.78 is 5.53. The van der Waals surface area contributed by atoms with Crippen molar-refractivity contribution >= 4 is 17.6 Å². The van der Waals surface area contributed by atoms with Gasteiger partial charge in [0.15, 0.2) is 5.78 Å². The first-order chi connectivity index (χ1) is 10.9. The fourth-order valence-corrected chi connectivity index (χ4v) is 1.93. The lowest BCUT2D eigenvalue weighted by Gasteiger charge is -2.13. The Kier molecular flexibility index (Phi) is 7.80. The van der Waals surface area contributed by atoms with Crippen molar-refractivity contribution in [3.05, 3.63) is 29.8 Å². The molecule has 0 aliphatic carbocycles. The molecule has 23 heavy (non-hydrogen) atoms. The van der Waals surface area contributed by atoms with Crippen LogP contribution < -0.4 is 15.4 Å². The number of carbonyl (C=O) groups is 3. The van der Waals surface area contributed by atoms with Crippen molar-refractivity contribution in [2.75, 3.05) is 13.2 Å². The smallest absolute Gasteiger partial charge is 0.242 e. The van der Waals surface area contributed by atoms with Crippen molar-refractivity contribution in [3.63, 3.8) is 0 Å². The number of amides is 2. The molecule has 0 radical (unpaired) electrons. The predicted molar refractivity (Wildman–Crippen MR) is 87.5 cm³/mol. The zero-order chi connectivity index (χ0) is 17.2. The molecule has 0 spiro atoms. The van der Waals surface area contributed by atoms with Crippen LogP contribution in [0.5, 0.6) is 5.75 Å². The number of hydrogen-bond donors (Lipinski definition) is 2. The second kappa shape index (κ2) is 9.61. The summed E-state index contributed by atoms with van der Waals surface area (Å²) in [5.41, 5.74) is 0.594. The van der Waals surface area contributed by atoms with Crippen LogP contribution in [0.15, 0.2) is 24.3 Å². The molecule has 0 bridgehead atoms. The summed E-state index contributed by atoms with van der Waals surface area (Å²) in [5.74, 6) is 0.200. The lowest BCUT2D eigenvalue weighted by molar-refractivity contribution is -0.128. The lowest BCUT2D eigenvalue weighted by Crippen LogP contribution is -2.44. The van der Waals surface area contributed by atoms with Gasteiger partial charge in [-0.3, -0.25) is 14.4 Å². The number of Topliss-reactive ketones (excluding diaryl/α,β-unsaturated/α-hetero) is 1. The van der Waals surface area contributed by atoms with Gasteiger partial charge < -0.3 is 15.4 Å². The number of nitrogens with one attached hydrogen (secondary N) is 2. The summed E-state index contributed by atoms with van der Waals surface area (Å²) in [6.45, 7) is 5.87. The van der Waals surface area contributed by atoms with Gasteiger partial charge in [0.1, 0.15) is 11.8 Å². The van der Waals surface area contributed by atoms with Gasteiger partial charge in [-0.2, -0.15) is 0 Å². The van der Waals surface area contributed by atoms with Crippen molar-refractivity contribution in [1.82, 2.24) is 10.6 Å². The highest BCUT2D eigenvalue weighted by Crippen LogP contribution is 2.14. The Balaban J connectivity index is 2.29. The normalized spacial score (nSPS) is 11.4. The number of likely N-dealkylation sites (N-methyl/N-ethyl adjacent to an activating group) is 1. The molecule has 1 atom stereocenters. The van der Waals surface area contributed by atoms with E-state index >= 15 is 0 Å². The number of ketones is 1. The van der Waals surface area contributed by atoms with E-state index in [4.69, 9.17) is 4.74 Å². The van der Waals surface area contributed by atoms with Crippen LogP contribution in [-0.2, 0) is 9.59 Å². The first-order valence-corrected chi connectivity index (χ1v) is 7.75. The van der Waals surface area contributed by atoms with E-state index in [-0.39, 0.29) is 24.0 Å². The van der Waals surface area contributed by atoms with Crippen LogP contribution in [0.3, 0.4) is 0 Å². The minimum Gasteiger partial charge on any atom is -0.494 e. The summed E-state index contributed by atoms with van der Waals surface area (Å²) >= 11 is 0. The van der Waals surface area contributed by atoms with Gasteiger partial charge in [-0.1, -0.05) is 12.1 Å². The molecule has 0 aliphatic rings. The van der Waals surface area contributed by atoms with E-state index in [0.717, 1.165) is 0 Å². The molecule has 0 aliphatic heterocycles. The summed E-state index contributed by atoms with van der Waals surface area (Å²) in [6, 6.07) is 6.39. The molecule has 2 amide bonds. The number of hydrogen-bond acceptors (Lipinski definition) is 4. The topological polar surface area (TPSA) is 84.5 Å². The molecular weight excluding hydrogens is 296 g/mol. The Hall–Kier alpha value is -2.37. The minimum atomic E-state index is -0.546. The molecule has 1 rings (SSSR count). The molecule has 0 aromatic heterocycles. The molecular formula is C17H24N2O4. The van der Waals surface area contributed by atoms with Crippen LogP contribution in [-0.4, -0.2) is 36.8 Å². The number of benzene rings is 1. The predicted octanol–water partition coefficient (Wildman–Crippen LogP) is 1.69. The monoisotopic (exact) mass is 320 g/mol. The molecule has 6 heteroatoms. The lowest BCUT2D eigenvalue weighted by atomic mass is 10.1. The first kappa shape index (κ1) is 18.7. The van der Waals surface area contributed by atoms with Gasteiger partial charge in [-0.25, -0.2) is 0 Å². The van der Waals surface area contributed by atoms with E-state index in [0.29, 0.717) is 30.9 Å². The van der Waals surface area contributed by atoms with Crippen LogP contribution in [0.2, 0.25) is 0 Å². The van der Waals surface area contributed by atoms with E-state index in [2.05, 4.69) is 10.6 Å². The molecule has 1 unspecified atom stereocenters. The van der Waals surface area contributed by atoms with E-state index < -0.39 is 6.04 Å². The third kappa shape index (κ3) is 6.95. The van der Waals surface area contributed by atoms with Gasteiger partial charge in [0.25, 0.3) is 0 Å². The van der Waals surface area contributed by atoms with Crippen molar-refractivity contribution in [2.45, 2.75) is 39.7 Å². The molecule has 2 N–H and O–H groups in total. The zero-order valence-corrected chi connectivity index (χ0v) is 13.8. The molecule has 126 valence electrons. The van der Waals surface area contributed by atoms with Crippen LogP contribution in [0.1, 0.15) is 44.0 Å². The zero-order valence-electron chi connectivity index (χ0n) is 13.8. The Morgan fingerprint density at radius 3 is 2.65 bits per heavy atom. The molecule has 0 saturated carbocycles. The maximum absolute atomic E-state index is 11.7. The molecule has 1 aromatic rings. The fraction of sp³-hybridized carbons (Fsp3) is 0.471. The summed E-state index contributed by atoms with van der Waals surface area (Å²) in [7, 11) is 0. The van der Waals surface area contributed by atoms with Crippen molar-refractivity contribution < 1.29 is 19.1 Å². The highest BCUT2D eigenvalue weighted by atomic mass is 16.5. The minimum absolute atomic E-state index is 0.0193.